The largest absolute Gasteiger partial charge is 0.384 e. The van der Waals surface area contributed by atoms with Crippen LogP contribution in [0, 0.1) is 0 Å². The number of H-pyrrole nitrogens is 1. The smallest absolute Gasteiger partial charge is 0.253 e. The van der Waals surface area contributed by atoms with Crippen LogP contribution in [0.15, 0.2) is 33.8 Å². The van der Waals surface area contributed by atoms with Gasteiger partial charge < -0.3 is 15.2 Å². The third kappa shape index (κ3) is 4.30. The first-order valence-electron chi connectivity index (χ1n) is 11.0. The first-order valence-corrected chi connectivity index (χ1v) is 11.6. The van der Waals surface area contributed by atoms with E-state index in [9.17, 15) is 4.79 Å². The van der Waals surface area contributed by atoms with Crippen LogP contribution in [-0.2, 0) is 13.0 Å². The van der Waals surface area contributed by atoms with Gasteiger partial charge in [-0.05, 0) is 55.3 Å². The molecule has 7 heteroatoms. The number of benzene rings is 1. The van der Waals surface area contributed by atoms with E-state index in [1.54, 1.807) is 0 Å². The number of hydrogen-bond donors (Lipinski definition) is 2. The molecule has 1 aromatic heterocycles. The second-order valence-corrected chi connectivity index (χ2v) is 8.70. The minimum atomic E-state index is 0.0476. The summed E-state index contributed by atoms with van der Waals surface area (Å²) in [5.41, 5.74) is 4.14. The molecule has 2 N–H and O–H groups in total. The number of fused-ring (bicyclic) bond motifs is 3. The number of aromatic amines is 1. The van der Waals surface area contributed by atoms with Crippen LogP contribution in [0.25, 0.3) is 10.9 Å². The zero-order chi connectivity index (χ0) is 21.1. The number of rotatable bonds is 5. The van der Waals surface area contributed by atoms with E-state index < -0.39 is 0 Å². The van der Waals surface area contributed by atoms with Crippen molar-refractivity contribution >= 4 is 37.3 Å². The van der Waals surface area contributed by atoms with Gasteiger partial charge in [0.1, 0.15) is 5.82 Å². The summed E-state index contributed by atoms with van der Waals surface area (Å²) in [5, 5.41) is 5.74. The molecule has 3 heterocycles. The van der Waals surface area contributed by atoms with Gasteiger partial charge in [-0.15, -0.1) is 9.24 Å². The zero-order valence-electron chi connectivity index (χ0n) is 18.0. The van der Waals surface area contributed by atoms with Crippen molar-refractivity contribution in [3.05, 3.63) is 45.5 Å². The lowest BCUT2D eigenvalue weighted by Gasteiger charge is -2.36. The van der Waals surface area contributed by atoms with Gasteiger partial charge in [-0.2, -0.15) is 0 Å². The van der Waals surface area contributed by atoms with Crippen LogP contribution in [0.2, 0.25) is 0 Å². The van der Waals surface area contributed by atoms with Crippen LogP contribution in [-0.4, -0.2) is 53.7 Å². The van der Waals surface area contributed by atoms with Crippen molar-refractivity contribution in [2.75, 3.05) is 38.0 Å². The molecule has 0 spiro atoms. The van der Waals surface area contributed by atoms with Crippen LogP contribution in [0.4, 0.5) is 5.69 Å². The molecule has 1 saturated heterocycles. The van der Waals surface area contributed by atoms with Crippen LogP contribution in [0.1, 0.15) is 37.8 Å². The van der Waals surface area contributed by atoms with Crippen molar-refractivity contribution in [2.24, 2.45) is 4.99 Å². The van der Waals surface area contributed by atoms with Crippen molar-refractivity contribution in [1.82, 2.24) is 14.8 Å². The van der Waals surface area contributed by atoms with Crippen LogP contribution < -0.4 is 16.2 Å². The number of aromatic nitrogens is 1. The summed E-state index contributed by atoms with van der Waals surface area (Å²) in [5.74, 6) is 1.07. The highest BCUT2D eigenvalue weighted by atomic mass is 31.0. The normalized spacial score (nSPS) is 18.1. The quantitative estimate of drug-likeness (QED) is 0.571. The number of nitrogens with one attached hydrogen (secondary N) is 2. The first-order chi connectivity index (χ1) is 14.6. The maximum absolute atomic E-state index is 12.6. The molecule has 1 unspecified atom stereocenters. The molecule has 2 aliphatic heterocycles. The predicted molar refractivity (Wildman–Crippen MR) is 130 cm³/mol. The van der Waals surface area contributed by atoms with Crippen molar-refractivity contribution in [3.8, 4) is 0 Å². The Morgan fingerprint density at radius 3 is 2.80 bits per heavy atom. The molecule has 0 bridgehead atoms. The summed E-state index contributed by atoms with van der Waals surface area (Å²) in [7, 11) is 2.87. The number of aliphatic imine (C=N–C) groups is 1. The maximum Gasteiger partial charge on any atom is 0.253 e. The van der Waals surface area contributed by atoms with Crippen molar-refractivity contribution in [1.29, 1.82) is 0 Å². The fourth-order valence-corrected chi connectivity index (χ4v) is 5.00. The third-order valence-corrected chi connectivity index (χ3v) is 6.43. The Bertz CT molecular complexity index is 1030. The number of pyridine rings is 1. The topological polar surface area (TPSA) is 63.7 Å². The molecule has 4 rings (SSSR count). The third-order valence-electron chi connectivity index (χ3n) is 5.97. The molecule has 0 aliphatic carbocycles. The minimum Gasteiger partial charge on any atom is -0.384 e. The standard InChI is InChI=1S/C23H32N5OP/c1-3-7-24-20(4-2)28-11-9-27(10-12-28)15-16-13-18-21(19(30)14-16)22-17(23(29)26-18)6-5-8-25-22/h4,7,13-14,25H,3,5-6,8-12,15,30H2,1-2H3,(H,26,29)/b20-4+,24-7?. The summed E-state index contributed by atoms with van der Waals surface area (Å²) < 4.78 is 0. The van der Waals surface area contributed by atoms with Gasteiger partial charge in [0, 0.05) is 56.4 Å². The van der Waals surface area contributed by atoms with Gasteiger partial charge in [-0.25, -0.2) is 4.99 Å². The highest BCUT2D eigenvalue weighted by Crippen LogP contribution is 2.28. The second kappa shape index (κ2) is 9.32. The van der Waals surface area contributed by atoms with E-state index in [1.807, 2.05) is 6.21 Å². The summed E-state index contributed by atoms with van der Waals surface area (Å²) in [6, 6.07) is 4.40. The summed E-state index contributed by atoms with van der Waals surface area (Å²) in [6.07, 6.45) is 6.89. The molecule has 0 radical (unpaired) electrons. The Hall–Kier alpha value is -2.17. The minimum absolute atomic E-state index is 0.0476. The van der Waals surface area contributed by atoms with E-state index in [4.69, 9.17) is 0 Å². The van der Waals surface area contributed by atoms with Gasteiger partial charge in [-0.1, -0.05) is 6.92 Å². The van der Waals surface area contributed by atoms with E-state index >= 15 is 0 Å². The van der Waals surface area contributed by atoms with Crippen LogP contribution >= 0.6 is 9.24 Å². The average Bonchev–Trinajstić information content (AvgIpc) is 2.75. The SMILES string of the molecule is C/C=C(\N=CCC)N1CCN(Cc2cc(P)c3c4c(c(=O)[nH]c3c2)CCCN4)CC1. The molecule has 1 atom stereocenters. The molecule has 1 fully saturated rings. The van der Waals surface area contributed by atoms with Crippen LogP contribution in [0.5, 0.6) is 0 Å². The number of nitrogens with zero attached hydrogens (tertiary/aromatic N) is 3. The van der Waals surface area contributed by atoms with Crippen LogP contribution in [0.3, 0.4) is 0 Å². The summed E-state index contributed by atoms with van der Waals surface area (Å²) in [6.45, 7) is 9.96. The molecular formula is C23H32N5OP. The van der Waals surface area contributed by atoms with Crippen molar-refractivity contribution in [3.63, 3.8) is 0 Å². The highest BCUT2D eigenvalue weighted by Gasteiger charge is 2.20. The Morgan fingerprint density at radius 1 is 1.27 bits per heavy atom. The first kappa shape index (κ1) is 21.1. The average molecular weight is 426 g/mol. The van der Waals surface area contributed by atoms with E-state index in [1.165, 1.54) is 5.56 Å². The summed E-state index contributed by atoms with van der Waals surface area (Å²) >= 11 is 0. The summed E-state index contributed by atoms with van der Waals surface area (Å²) in [4.78, 5) is 25.1. The van der Waals surface area contributed by atoms with Gasteiger partial charge in [0.25, 0.3) is 5.56 Å². The molecule has 2 aliphatic rings. The lowest BCUT2D eigenvalue weighted by molar-refractivity contribution is 0.152. The fraction of sp³-hybridized carbons (Fsp3) is 0.478. The van der Waals surface area contributed by atoms with Gasteiger partial charge in [0.05, 0.1) is 11.2 Å². The van der Waals surface area contributed by atoms with Crippen molar-refractivity contribution < 1.29 is 0 Å². The van der Waals surface area contributed by atoms with Gasteiger partial charge >= 0.3 is 0 Å². The zero-order valence-corrected chi connectivity index (χ0v) is 19.2. The fourth-order valence-electron chi connectivity index (χ4n) is 4.49. The number of piperazine rings is 1. The van der Waals surface area contributed by atoms with E-state index in [0.717, 1.165) is 91.8 Å². The van der Waals surface area contributed by atoms with Crippen molar-refractivity contribution in [2.45, 2.75) is 39.7 Å². The molecule has 2 aromatic rings. The van der Waals surface area contributed by atoms with E-state index in [2.05, 4.69) is 66.4 Å². The molecule has 6 nitrogen and oxygen atoms in total. The lowest BCUT2D eigenvalue weighted by atomic mass is 10.0. The molecule has 0 saturated carbocycles. The molecule has 30 heavy (non-hydrogen) atoms. The highest BCUT2D eigenvalue weighted by molar-refractivity contribution is 7.28. The van der Waals surface area contributed by atoms with Gasteiger partial charge in [-0.3, -0.25) is 9.69 Å². The number of allylic oxidation sites excluding steroid dienone is 1. The number of anilines is 1. The van der Waals surface area contributed by atoms with E-state index in [-0.39, 0.29) is 5.56 Å². The Labute approximate surface area is 180 Å². The molecule has 0 amide bonds. The Morgan fingerprint density at radius 2 is 2.07 bits per heavy atom. The monoisotopic (exact) mass is 425 g/mol. The second-order valence-electron chi connectivity index (χ2n) is 8.08. The van der Waals surface area contributed by atoms with Gasteiger partial charge in [0.2, 0.25) is 0 Å². The predicted octanol–water partition coefficient (Wildman–Crippen LogP) is 2.85. The Balaban J connectivity index is 1.50. The Kier molecular flexibility index (Phi) is 6.55. The van der Waals surface area contributed by atoms with E-state index in [0.29, 0.717) is 0 Å². The molecule has 1 aromatic carbocycles. The molecule has 160 valence electrons. The van der Waals surface area contributed by atoms with Gasteiger partial charge in [0.15, 0.2) is 0 Å². The number of hydrogen-bond acceptors (Lipinski definition) is 5. The molecular weight excluding hydrogens is 393 g/mol. The lowest BCUT2D eigenvalue weighted by Crippen LogP contribution is -2.45. The maximum atomic E-state index is 12.6.